The molecular formula is C6H4N6O. The molecule has 2 heterocycles. The third-order valence-electron chi connectivity index (χ3n) is 1.60. The molecule has 0 fully saturated rings. The van der Waals surface area contributed by atoms with Gasteiger partial charge < -0.3 is 0 Å². The van der Waals surface area contributed by atoms with E-state index in [4.69, 9.17) is 5.26 Å². The fourth-order valence-electron chi connectivity index (χ4n) is 0.960. The summed E-state index contributed by atoms with van der Waals surface area (Å²) in [6, 6.07) is 1.81. The summed E-state index contributed by atoms with van der Waals surface area (Å²) in [4.78, 5) is 15.0. The maximum absolute atomic E-state index is 11.3. The van der Waals surface area contributed by atoms with Crippen LogP contribution in [0.4, 0.5) is 0 Å². The van der Waals surface area contributed by atoms with Crippen LogP contribution in [-0.2, 0) is 7.05 Å². The second kappa shape index (κ2) is 2.38. The number of nitriles is 1. The quantitative estimate of drug-likeness (QED) is 0.497. The summed E-state index contributed by atoms with van der Waals surface area (Å²) < 4.78 is 2.24. The van der Waals surface area contributed by atoms with Crippen molar-refractivity contribution in [3.8, 4) is 6.07 Å². The highest BCUT2D eigenvalue weighted by molar-refractivity contribution is 5.49. The Labute approximate surface area is 71.9 Å². The van der Waals surface area contributed by atoms with E-state index < -0.39 is 0 Å². The van der Waals surface area contributed by atoms with Crippen molar-refractivity contribution in [1.82, 2.24) is 24.4 Å². The lowest BCUT2D eigenvalue weighted by molar-refractivity contribution is 0.607. The van der Waals surface area contributed by atoms with Crippen molar-refractivity contribution < 1.29 is 0 Å². The number of hydrogen-bond acceptors (Lipinski definition) is 5. The topological polar surface area (TPSA) is 88.9 Å². The SMILES string of the molecule is Cn1nnc2c(C#N)ncn2c1=O. The van der Waals surface area contributed by atoms with Crippen molar-refractivity contribution in [3.05, 3.63) is 22.5 Å². The van der Waals surface area contributed by atoms with Crippen LogP contribution in [0.25, 0.3) is 5.65 Å². The molecule has 0 amide bonds. The van der Waals surface area contributed by atoms with Gasteiger partial charge in [0.05, 0.1) is 0 Å². The second-order valence-electron chi connectivity index (χ2n) is 2.39. The lowest BCUT2D eigenvalue weighted by Gasteiger charge is -1.93. The molecule has 0 atom stereocenters. The summed E-state index contributed by atoms with van der Waals surface area (Å²) in [5.74, 6) is 0. The molecule has 0 spiro atoms. The van der Waals surface area contributed by atoms with Crippen LogP contribution in [0.5, 0.6) is 0 Å². The predicted molar refractivity (Wildman–Crippen MR) is 40.7 cm³/mol. The molecule has 0 aromatic carbocycles. The number of aromatic nitrogens is 5. The van der Waals surface area contributed by atoms with Crippen LogP contribution in [0.2, 0.25) is 0 Å². The van der Waals surface area contributed by atoms with Gasteiger partial charge in [-0.05, 0) is 0 Å². The Morgan fingerprint density at radius 1 is 1.62 bits per heavy atom. The molecular weight excluding hydrogens is 172 g/mol. The van der Waals surface area contributed by atoms with E-state index in [9.17, 15) is 4.79 Å². The van der Waals surface area contributed by atoms with E-state index in [1.165, 1.54) is 17.8 Å². The molecule has 0 aliphatic heterocycles. The minimum atomic E-state index is -0.376. The van der Waals surface area contributed by atoms with Gasteiger partial charge in [0.1, 0.15) is 12.4 Å². The number of nitrogens with zero attached hydrogens (tertiary/aromatic N) is 6. The van der Waals surface area contributed by atoms with Gasteiger partial charge >= 0.3 is 5.69 Å². The number of imidazole rings is 1. The molecule has 2 aromatic rings. The minimum absolute atomic E-state index is 0.102. The van der Waals surface area contributed by atoms with E-state index >= 15 is 0 Å². The van der Waals surface area contributed by atoms with Gasteiger partial charge in [-0.2, -0.15) is 9.94 Å². The Kier molecular flexibility index (Phi) is 1.36. The van der Waals surface area contributed by atoms with Gasteiger partial charge in [0.15, 0.2) is 5.69 Å². The molecule has 0 radical (unpaired) electrons. The lowest BCUT2D eigenvalue weighted by Crippen LogP contribution is -2.27. The van der Waals surface area contributed by atoms with Crippen molar-refractivity contribution in [2.24, 2.45) is 7.05 Å². The van der Waals surface area contributed by atoms with E-state index in [0.717, 1.165) is 4.68 Å². The maximum Gasteiger partial charge on any atom is 0.352 e. The summed E-state index contributed by atoms with van der Waals surface area (Å²) in [7, 11) is 1.47. The molecule has 2 aromatic heterocycles. The molecule has 0 aliphatic rings. The highest BCUT2D eigenvalue weighted by atomic mass is 16.2. The third kappa shape index (κ3) is 0.888. The molecule has 0 saturated heterocycles. The van der Waals surface area contributed by atoms with Crippen molar-refractivity contribution >= 4 is 5.65 Å². The number of aryl methyl sites for hydroxylation is 1. The van der Waals surface area contributed by atoms with Crippen molar-refractivity contribution in [1.29, 1.82) is 5.26 Å². The molecule has 0 bridgehead atoms. The summed E-state index contributed by atoms with van der Waals surface area (Å²) >= 11 is 0. The molecule has 7 nitrogen and oxygen atoms in total. The van der Waals surface area contributed by atoms with Gasteiger partial charge in [0.2, 0.25) is 5.65 Å². The van der Waals surface area contributed by atoms with Gasteiger partial charge in [-0.3, -0.25) is 0 Å². The first-order valence-corrected chi connectivity index (χ1v) is 3.41. The highest BCUT2D eigenvalue weighted by Gasteiger charge is 2.08. The van der Waals surface area contributed by atoms with Crippen molar-refractivity contribution in [3.63, 3.8) is 0 Å². The first-order valence-electron chi connectivity index (χ1n) is 3.41. The average molecular weight is 176 g/mol. The molecule has 64 valence electrons. The standard InChI is InChI=1S/C6H4N6O/c1-11-6(13)12-3-8-4(2-7)5(12)9-10-11/h3H,1H3. The van der Waals surface area contributed by atoms with Crippen molar-refractivity contribution in [2.75, 3.05) is 0 Å². The number of rotatable bonds is 0. The summed E-state index contributed by atoms with van der Waals surface area (Å²) in [5, 5.41) is 15.8. The maximum atomic E-state index is 11.3. The van der Waals surface area contributed by atoms with Gasteiger partial charge in [0, 0.05) is 7.05 Å². The van der Waals surface area contributed by atoms with E-state index in [1.54, 1.807) is 0 Å². The zero-order chi connectivity index (χ0) is 9.42. The summed E-state index contributed by atoms with van der Waals surface area (Å²) in [5.41, 5.74) is -0.0881. The molecule has 7 heteroatoms. The van der Waals surface area contributed by atoms with E-state index in [1.807, 2.05) is 6.07 Å². The van der Waals surface area contributed by atoms with Gasteiger partial charge in [-0.1, -0.05) is 5.21 Å². The third-order valence-corrected chi connectivity index (χ3v) is 1.60. The van der Waals surface area contributed by atoms with Crippen LogP contribution in [0.1, 0.15) is 5.69 Å². The second-order valence-corrected chi connectivity index (χ2v) is 2.39. The average Bonchev–Trinajstić information content (AvgIpc) is 2.55. The monoisotopic (exact) mass is 176 g/mol. The Morgan fingerprint density at radius 2 is 2.38 bits per heavy atom. The summed E-state index contributed by atoms with van der Waals surface area (Å²) in [6.45, 7) is 0. The van der Waals surface area contributed by atoms with Crippen LogP contribution in [0, 0.1) is 11.3 Å². The fourth-order valence-corrected chi connectivity index (χ4v) is 0.960. The molecule has 2 rings (SSSR count). The molecule has 0 N–H and O–H groups in total. The summed E-state index contributed by atoms with van der Waals surface area (Å²) in [6.07, 6.45) is 1.25. The Bertz CT molecular complexity index is 558. The van der Waals surface area contributed by atoms with E-state index in [0.29, 0.717) is 0 Å². The Balaban J connectivity index is 3.00. The molecule has 0 saturated carbocycles. The first kappa shape index (κ1) is 7.42. The van der Waals surface area contributed by atoms with Gasteiger partial charge in [-0.25, -0.2) is 14.2 Å². The highest BCUT2D eigenvalue weighted by Crippen LogP contribution is 1.98. The van der Waals surface area contributed by atoms with Crippen LogP contribution >= 0.6 is 0 Å². The van der Waals surface area contributed by atoms with E-state index in [-0.39, 0.29) is 17.0 Å². The minimum Gasteiger partial charge on any atom is -0.245 e. The molecule has 0 unspecified atom stereocenters. The van der Waals surface area contributed by atoms with E-state index in [2.05, 4.69) is 15.3 Å². The van der Waals surface area contributed by atoms with Gasteiger partial charge in [-0.15, -0.1) is 5.10 Å². The van der Waals surface area contributed by atoms with Gasteiger partial charge in [0.25, 0.3) is 0 Å². The van der Waals surface area contributed by atoms with Crippen LogP contribution < -0.4 is 5.69 Å². The fraction of sp³-hybridized carbons (Fsp3) is 0.167. The zero-order valence-corrected chi connectivity index (χ0v) is 6.67. The van der Waals surface area contributed by atoms with Crippen LogP contribution in [0.15, 0.2) is 11.1 Å². The molecule has 13 heavy (non-hydrogen) atoms. The largest absolute Gasteiger partial charge is 0.352 e. The normalized spacial score (nSPS) is 10.2. The predicted octanol–water partition coefficient (Wildman–Crippen LogP) is -1.31. The Hall–Kier alpha value is -2.23. The van der Waals surface area contributed by atoms with Crippen LogP contribution in [0.3, 0.4) is 0 Å². The van der Waals surface area contributed by atoms with Crippen molar-refractivity contribution in [2.45, 2.75) is 0 Å². The number of fused-ring (bicyclic) bond motifs is 1. The Morgan fingerprint density at radius 3 is 3.08 bits per heavy atom. The smallest absolute Gasteiger partial charge is 0.245 e. The molecule has 0 aliphatic carbocycles. The first-order chi connectivity index (χ1) is 6.24. The van der Waals surface area contributed by atoms with Crippen LogP contribution in [-0.4, -0.2) is 24.4 Å². The number of hydrogen-bond donors (Lipinski definition) is 0. The zero-order valence-electron chi connectivity index (χ0n) is 6.67. The lowest BCUT2D eigenvalue weighted by atomic mass is 10.5.